The Hall–Kier alpha value is -1.74. The summed E-state index contributed by atoms with van der Waals surface area (Å²) in [4.78, 5) is 13.6. The molecule has 0 bridgehead atoms. The lowest BCUT2D eigenvalue weighted by molar-refractivity contribution is 0.489. The van der Waals surface area contributed by atoms with Crippen LogP contribution in [0.4, 0.5) is 0 Å². The summed E-state index contributed by atoms with van der Waals surface area (Å²) in [6.07, 6.45) is 1.35. The van der Waals surface area contributed by atoms with Crippen LogP contribution >= 0.6 is 0 Å². The summed E-state index contributed by atoms with van der Waals surface area (Å²) in [5, 5.41) is 3.26. The summed E-state index contributed by atoms with van der Waals surface area (Å²) in [5.41, 5.74) is 8.42. The van der Waals surface area contributed by atoms with Crippen LogP contribution in [0.3, 0.4) is 0 Å². The minimum Gasteiger partial charge on any atom is -0.469 e. The number of rotatable bonds is 2. The van der Waals surface area contributed by atoms with E-state index in [1.807, 2.05) is 0 Å². The maximum absolute atomic E-state index is 11.0. The van der Waals surface area contributed by atoms with Crippen LogP contribution in [0.5, 0.6) is 0 Å². The molecular weight excluding hydrogens is 158 g/mol. The van der Waals surface area contributed by atoms with Crippen LogP contribution in [-0.4, -0.2) is 0 Å². The van der Waals surface area contributed by atoms with E-state index in [0.29, 0.717) is 11.3 Å². The third kappa shape index (κ3) is 1.87. The largest absolute Gasteiger partial charge is 0.469 e. The van der Waals surface area contributed by atoms with E-state index in [-0.39, 0.29) is 12.0 Å². The van der Waals surface area contributed by atoms with Crippen molar-refractivity contribution in [3.63, 3.8) is 0 Å². The first-order valence-electron chi connectivity index (χ1n) is 3.33. The lowest BCUT2D eigenvalue weighted by atomic mass is 10.3. The summed E-state index contributed by atoms with van der Waals surface area (Å²) < 4.78 is 4.98. The molecule has 0 unspecified atom stereocenters. The Morgan fingerprint density at radius 1 is 1.75 bits per heavy atom. The van der Waals surface area contributed by atoms with Crippen LogP contribution < -0.4 is 5.43 Å². The maximum atomic E-state index is 11.0. The second-order valence-corrected chi connectivity index (χ2v) is 2.28. The molecule has 1 heterocycles. The van der Waals surface area contributed by atoms with E-state index in [2.05, 4.69) is 10.0 Å². The van der Waals surface area contributed by atoms with Crippen LogP contribution in [0, 0.1) is 6.92 Å². The Labute approximate surface area is 68.3 Å². The minimum absolute atomic E-state index is 0.0754. The first-order chi connectivity index (χ1) is 5.74. The van der Waals surface area contributed by atoms with Gasteiger partial charge in [-0.15, -0.1) is 0 Å². The molecule has 0 atom stereocenters. The van der Waals surface area contributed by atoms with Crippen molar-refractivity contribution in [3.05, 3.63) is 44.3 Å². The fourth-order valence-corrected chi connectivity index (χ4v) is 0.700. The Kier molecular flexibility index (Phi) is 2.50. The highest BCUT2D eigenvalue weighted by Gasteiger charge is 1.96. The normalized spacial score (nSPS) is 9.08. The first-order valence-corrected chi connectivity index (χ1v) is 3.33. The van der Waals surface area contributed by atoms with Crippen LogP contribution in [0.15, 0.2) is 26.7 Å². The van der Waals surface area contributed by atoms with Gasteiger partial charge in [-0.2, -0.15) is 0 Å². The molecule has 1 aromatic rings. The third-order valence-corrected chi connectivity index (χ3v) is 1.36. The fraction of sp³-hybridized carbons (Fsp3) is 0.286. The zero-order chi connectivity index (χ0) is 8.97. The van der Waals surface area contributed by atoms with E-state index in [1.165, 1.54) is 12.3 Å². The molecule has 1 aromatic heterocycles. The molecule has 5 heteroatoms. The summed E-state index contributed by atoms with van der Waals surface area (Å²) >= 11 is 0. The molecule has 12 heavy (non-hydrogen) atoms. The van der Waals surface area contributed by atoms with Crippen LogP contribution in [0.25, 0.3) is 10.4 Å². The van der Waals surface area contributed by atoms with Crippen molar-refractivity contribution < 1.29 is 4.42 Å². The van der Waals surface area contributed by atoms with Gasteiger partial charge in [0.15, 0.2) is 5.43 Å². The van der Waals surface area contributed by atoms with Gasteiger partial charge < -0.3 is 4.42 Å². The van der Waals surface area contributed by atoms with Gasteiger partial charge in [-0.25, -0.2) is 0 Å². The number of nitrogens with zero attached hydrogens (tertiary/aromatic N) is 3. The van der Waals surface area contributed by atoms with E-state index in [4.69, 9.17) is 9.95 Å². The molecule has 1 rings (SSSR count). The maximum Gasteiger partial charge on any atom is 0.187 e. The van der Waals surface area contributed by atoms with E-state index >= 15 is 0 Å². The van der Waals surface area contributed by atoms with Crippen LogP contribution in [-0.2, 0) is 6.54 Å². The van der Waals surface area contributed by atoms with Crippen molar-refractivity contribution in [3.8, 4) is 0 Å². The molecule has 5 nitrogen and oxygen atoms in total. The van der Waals surface area contributed by atoms with E-state index in [0.717, 1.165) is 0 Å². The smallest absolute Gasteiger partial charge is 0.187 e. The SMILES string of the molecule is Cc1coc(CN=[N+]=[N-])cc1=O. The van der Waals surface area contributed by atoms with Crippen molar-refractivity contribution in [2.75, 3.05) is 0 Å². The van der Waals surface area contributed by atoms with Gasteiger partial charge in [0.25, 0.3) is 0 Å². The van der Waals surface area contributed by atoms with E-state index in [1.54, 1.807) is 6.92 Å². The predicted octanol–water partition coefficient (Wildman–Crippen LogP) is 1.76. The quantitative estimate of drug-likeness (QED) is 0.380. The molecule has 0 fully saturated rings. The number of aryl methyl sites for hydroxylation is 1. The molecule has 0 saturated carbocycles. The van der Waals surface area contributed by atoms with Gasteiger partial charge in [-0.1, -0.05) is 5.11 Å². The average Bonchev–Trinajstić information content (AvgIpc) is 2.07. The van der Waals surface area contributed by atoms with Gasteiger partial charge in [-0.05, 0) is 12.5 Å². The molecule has 62 valence electrons. The predicted molar refractivity (Wildman–Crippen MR) is 42.6 cm³/mol. The molecule has 0 aliphatic carbocycles. The molecule has 0 radical (unpaired) electrons. The van der Waals surface area contributed by atoms with Crippen LogP contribution in [0.1, 0.15) is 11.3 Å². The summed E-state index contributed by atoms with van der Waals surface area (Å²) in [5.74, 6) is 0.378. The molecule has 0 spiro atoms. The third-order valence-electron chi connectivity index (χ3n) is 1.36. The van der Waals surface area contributed by atoms with E-state index < -0.39 is 0 Å². The molecule has 0 amide bonds. The second-order valence-electron chi connectivity index (χ2n) is 2.28. The summed E-state index contributed by atoms with van der Waals surface area (Å²) in [7, 11) is 0. The molecule has 0 saturated heterocycles. The molecule has 0 aromatic carbocycles. The lowest BCUT2D eigenvalue weighted by Gasteiger charge is -1.93. The Morgan fingerprint density at radius 3 is 3.08 bits per heavy atom. The zero-order valence-electron chi connectivity index (χ0n) is 6.52. The molecule has 0 aliphatic rings. The number of hydrogen-bond acceptors (Lipinski definition) is 3. The van der Waals surface area contributed by atoms with E-state index in [9.17, 15) is 4.79 Å². The van der Waals surface area contributed by atoms with Crippen molar-refractivity contribution >= 4 is 0 Å². The van der Waals surface area contributed by atoms with Gasteiger partial charge in [0.2, 0.25) is 0 Å². The standard InChI is InChI=1S/C7H7N3O2/c1-5-4-12-6(2-7(5)11)3-9-10-8/h2,4H,3H2,1H3. The number of hydrogen-bond donors (Lipinski definition) is 0. The Balaban J connectivity index is 2.97. The van der Waals surface area contributed by atoms with Gasteiger partial charge in [0.05, 0.1) is 12.8 Å². The number of azide groups is 1. The van der Waals surface area contributed by atoms with Gasteiger partial charge in [0.1, 0.15) is 5.76 Å². The Bertz CT molecular complexity index is 376. The highest BCUT2D eigenvalue weighted by molar-refractivity contribution is 5.09. The summed E-state index contributed by atoms with van der Waals surface area (Å²) in [6, 6.07) is 1.32. The van der Waals surface area contributed by atoms with Gasteiger partial charge in [0, 0.05) is 16.5 Å². The van der Waals surface area contributed by atoms with Crippen molar-refractivity contribution in [1.82, 2.24) is 0 Å². The van der Waals surface area contributed by atoms with Crippen molar-refractivity contribution in [2.45, 2.75) is 13.5 Å². The lowest BCUT2D eigenvalue weighted by Crippen LogP contribution is -2.03. The van der Waals surface area contributed by atoms with Gasteiger partial charge >= 0.3 is 0 Å². The highest BCUT2D eigenvalue weighted by atomic mass is 16.3. The minimum atomic E-state index is -0.107. The first kappa shape index (κ1) is 8.36. The summed E-state index contributed by atoms with van der Waals surface area (Å²) in [6.45, 7) is 1.73. The highest BCUT2D eigenvalue weighted by Crippen LogP contribution is 1.99. The molecule has 0 aliphatic heterocycles. The van der Waals surface area contributed by atoms with Crippen molar-refractivity contribution in [2.24, 2.45) is 5.11 Å². The molecular formula is C7H7N3O2. The second kappa shape index (κ2) is 3.59. The topological polar surface area (TPSA) is 79.0 Å². The van der Waals surface area contributed by atoms with Crippen LogP contribution in [0.2, 0.25) is 0 Å². The molecule has 0 N–H and O–H groups in total. The van der Waals surface area contributed by atoms with Gasteiger partial charge in [-0.3, -0.25) is 4.79 Å². The van der Waals surface area contributed by atoms with Crippen molar-refractivity contribution in [1.29, 1.82) is 0 Å². The monoisotopic (exact) mass is 165 g/mol. The Morgan fingerprint density at radius 2 is 2.50 bits per heavy atom. The zero-order valence-corrected chi connectivity index (χ0v) is 6.52. The average molecular weight is 165 g/mol. The fourth-order valence-electron chi connectivity index (χ4n) is 0.700.